The highest BCUT2D eigenvalue weighted by Gasteiger charge is 2.38. The Morgan fingerprint density at radius 3 is 2.68 bits per heavy atom. The summed E-state index contributed by atoms with van der Waals surface area (Å²) >= 11 is 0. The maximum absolute atomic E-state index is 14.7. The molecule has 2 aromatic rings. The maximum atomic E-state index is 14.7. The Balaban J connectivity index is 1.07. The second kappa shape index (κ2) is 14.7. The Morgan fingerprint density at radius 2 is 1.89 bits per heavy atom. The third-order valence-corrected chi connectivity index (χ3v) is 7.76. The molecule has 3 atom stereocenters. The van der Waals surface area contributed by atoms with E-state index in [1.54, 1.807) is 12.3 Å². The number of likely N-dealkylation sites (tertiary alicyclic amines) is 2. The second-order valence-corrected chi connectivity index (χ2v) is 10.4. The molecule has 1 aromatic carbocycles. The zero-order valence-electron chi connectivity index (χ0n) is 22.5. The molecular formula is C29H42FN3O5. The Kier molecular flexibility index (Phi) is 11.1. The van der Waals surface area contributed by atoms with E-state index < -0.39 is 0 Å². The molecule has 2 saturated heterocycles. The van der Waals surface area contributed by atoms with Gasteiger partial charge in [-0.2, -0.15) is 0 Å². The average Bonchev–Trinajstić information content (AvgIpc) is 3.40. The standard InChI is InChI=1S/C29H42FN3O5/c1-3-29(34)31-8-12-35-14-16-37-17-15-36-13-10-33-9-6-23-18-22(20-32(2)27(23)21-33)19-25-24-7-11-38-28(24)5-4-26(25)30/h3-5,7,11,22-23,27H,1,6,8-10,12-21H2,2H3,(H,31,34)/t22-,23-,27+/m1/s1. The molecule has 210 valence electrons. The number of carbonyl (C=O) groups excluding carboxylic acids is 1. The van der Waals surface area contributed by atoms with Gasteiger partial charge < -0.3 is 28.8 Å². The summed E-state index contributed by atoms with van der Waals surface area (Å²) in [4.78, 5) is 16.0. The van der Waals surface area contributed by atoms with Crippen molar-refractivity contribution in [2.24, 2.45) is 11.8 Å². The lowest BCUT2D eigenvalue weighted by molar-refractivity contribution is -0.116. The van der Waals surface area contributed by atoms with Crippen molar-refractivity contribution in [3.05, 3.63) is 48.5 Å². The van der Waals surface area contributed by atoms with Crippen LogP contribution >= 0.6 is 0 Å². The van der Waals surface area contributed by atoms with Gasteiger partial charge in [0, 0.05) is 37.6 Å². The second-order valence-electron chi connectivity index (χ2n) is 10.4. The molecule has 2 aliphatic rings. The summed E-state index contributed by atoms with van der Waals surface area (Å²) in [5.41, 5.74) is 1.57. The fourth-order valence-corrected chi connectivity index (χ4v) is 5.84. The molecule has 3 heterocycles. The fourth-order valence-electron chi connectivity index (χ4n) is 5.84. The molecule has 1 N–H and O–H groups in total. The molecule has 2 fully saturated rings. The summed E-state index contributed by atoms with van der Waals surface area (Å²) < 4.78 is 36.9. The molecule has 0 saturated carbocycles. The van der Waals surface area contributed by atoms with Crippen molar-refractivity contribution in [2.45, 2.75) is 25.3 Å². The van der Waals surface area contributed by atoms with Crippen molar-refractivity contribution in [1.82, 2.24) is 15.1 Å². The van der Waals surface area contributed by atoms with E-state index in [0.29, 0.717) is 64.1 Å². The van der Waals surface area contributed by atoms with Crippen LogP contribution in [0.25, 0.3) is 11.0 Å². The van der Waals surface area contributed by atoms with E-state index in [1.807, 2.05) is 6.07 Å². The molecule has 9 heteroatoms. The van der Waals surface area contributed by atoms with Gasteiger partial charge in [-0.3, -0.25) is 9.69 Å². The summed E-state index contributed by atoms with van der Waals surface area (Å²) in [7, 11) is 2.22. The van der Waals surface area contributed by atoms with Gasteiger partial charge >= 0.3 is 0 Å². The lowest BCUT2D eigenvalue weighted by atomic mass is 9.77. The first-order chi connectivity index (χ1) is 18.5. The van der Waals surface area contributed by atoms with Crippen molar-refractivity contribution in [2.75, 3.05) is 79.4 Å². The van der Waals surface area contributed by atoms with Gasteiger partial charge in [-0.25, -0.2) is 4.39 Å². The van der Waals surface area contributed by atoms with E-state index in [2.05, 4.69) is 28.7 Å². The number of furan rings is 1. The van der Waals surface area contributed by atoms with E-state index >= 15 is 0 Å². The normalized spacial score (nSPS) is 22.4. The number of piperidine rings is 2. The number of amides is 1. The summed E-state index contributed by atoms with van der Waals surface area (Å²) in [6.45, 7) is 11.2. The number of hydrogen-bond donors (Lipinski definition) is 1. The minimum absolute atomic E-state index is 0.122. The number of carbonyl (C=O) groups is 1. The largest absolute Gasteiger partial charge is 0.464 e. The number of benzene rings is 1. The summed E-state index contributed by atoms with van der Waals surface area (Å²) in [5, 5.41) is 3.57. The van der Waals surface area contributed by atoms with Crippen LogP contribution in [0.1, 0.15) is 18.4 Å². The van der Waals surface area contributed by atoms with Gasteiger partial charge in [-0.15, -0.1) is 0 Å². The lowest BCUT2D eigenvalue weighted by Crippen LogP contribution is -2.56. The minimum atomic E-state index is -0.195. The number of fused-ring (bicyclic) bond motifs is 2. The number of halogens is 1. The van der Waals surface area contributed by atoms with Crippen molar-refractivity contribution in [3.63, 3.8) is 0 Å². The number of nitrogens with zero attached hydrogens (tertiary/aromatic N) is 2. The third kappa shape index (κ3) is 8.10. The number of rotatable bonds is 15. The molecule has 0 unspecified atom stereocenters. The SMILES string of the molecule is C=CC(=O)NCCOCCOCCOCCN1CC[C@@H]2C[C@H](Cc3c(F)ccc4occc34)CN(C)[C@H]2C1. The van der Waals surface area contributed by atoms with E-state index in [0.717, 1.165) is 55.6 Å². The van der Waals surface area contributed by atoms with E-state index in [9.17, 15) is 9.18 Å². The van der Waals surface area contributed by atoms with Gasteiger partial charge in [0.2, 0.25) is 5.91 Å². The zero-order chi connectivity index (χ0) is 26.7. The van der Waals surface area contributed by atoms with E-state index in [1.165, 1.54) is 18.6 Å². The Bertz CT molecular complexity index is 1030. The first-order valence-electron chi connectivity index (χ1n) is 13.8. The predicted octanol–water partition coefficient (Wildman–Crippen LogP) is 3.11. The molecule has 2 aliphatic heterocycles. The predicted molar refractivity (Wildman–Crippen MR) is 145 cm³/mol. The lowest BCUT2D eigenvalue weighted by Gasteiger charge is -2.48. The van der Waals surface area contributed by atoms with Gasteiger partial charge in [0.05, 0.1) is 45.9 Å². The van der Waals surface area contributed by atoms with Crippen LogP contribution in [0.4, 0.5) is 4.39 Å². The number of hydrogen-bond acceptors (Lipinski definition) is 7. The van der Waals surface area contributed by atoms with Gasteiger partial charge in [-0.05, 0) is 74.5 Å². The molecule has 8 nitrogen and oxygen atoms in total. The molecule has 38 heavy (non-hydrogen) atoms. The highest BCUT2D eigenvalue weighted by atomic mass is 19.1. The van der Waals surface area contributed by atoms with E-state index in [4.69, 9.17) is 18.6 Å². The van der Waals surface area contributed by atoms with Crippen molar-refractivity contribution in [1.29, 1.82) is 0 Å². The van der Waals surface area contributed by atoms with E-state index in [-0.39, 0.29) is 11.7 Å². The van der Waals surface area contributed by atoms with Crippen LogP contribution in [0.15, 0.2) is 41.5 Å². The molecule has 1 amide bonds. The molecule has 0 spiro atoms. The van der Waals surface area contributed by atoms with Gasteiger partial charge in [0.15, 0.2) is 0 Å². The average molecular weight is 532 g/mol. The van der Waals surface area contributed by atoms with Crippen LogP contribution < -0.4 is 5.32 Å². The molecule has 0 radical (unpaired) electrons. The van der Waals surface area contributed by atoms with Crippen molar-refractivity contribution >= 4 is 16.9 Å². The Labute approximate surface area is 225 Å². The zero-order valence-corrected chi connectivity index (χ0v) is 22.5. The number of likely N-dealkylation sites (N-methyl/N-ethyl adjacent to an activating group) is 1. The number of ether oxygens (including phenoxy) is 3. The number of nitrogens with one attached hydrogen (secondary N) is 1. The molecule has 0 bridgehead atoms. The maximum Gasteiger partial charge on any atom is 0.243 e. The van der Waals surface area contributed by atoms with Crippen molar-refractivity contribution in [3.8, 4) is 0 Å². The Morgan fingerprint density at radius 1 is 1.13 bits per heavy atom. The van der Waals surface area contributed by atoms with Crippen LogP contribution in [0.3, 0.4) is 0 Å². The molecular weight excluding hydrogens is 489 g/mol. The fraction of sp³-hybridized carbons (Fsp3) is 0.621. The highest BCUT2D eigenvalue weighted by molar-refractivity contribution is 5.86. The van der Waals surface area contributed by atoms with Crippen LogP contribution in [0.5, 0.6) is 0 Å². The van der Waals surface area contributed by atoms with Crippen LogP contribution in [0, 0.1) is 17.7 Å². The monoisotopic (exact) mass is 531 g/mol. The quantitative estimate of drug-likeness (QED) is 0.280. The topological polar surface area (TPSA) is 76.4 Å². The first kappa shape index (κ1) is 28.7. The first-order valence-corrected chi connectivity index (χ1v) is 13.8. The third-order valence-electron chi connectivity index (χ3n) is 7.76. The summed E-state index contributed by atoms with van der Waals surface area (Å²) in [5.74, 6) is 0.786. The van der Waals surface area contributed by atoms with Gasteiger partial charge in [0.25, 0.3) is 0 Å². The minimum Gasteiger partial charge on any atom is -0.464 e. The molecule has 1 aromatic heterocycles. The molecule has 0 aliphatic carbocycles. The highest BCUT2D eigenvalue weighted by Crippen LogP contribution is 2.36. The smallest absolute Gasteiger partial charge is 0.243 e. The van der Waals surface area contributed by atoms with Gasteiger partial charge in [0.1, 0.15) is 11.4 Å². The van der Waals surface area contributed by atoms with Gasteiger partial charge in [-0.1, -0.05) is 6.58 Å². The molecule has 4 rings (SSSR count). The summed E-state index contributed by atoms with van der Waals surface area (Å²) in [6, 6.07) is 5.69. The van der Waals surface area contributed by atoms with Crippen LogP contribution in [0.2, 0.25) is 0 Å². The summed E-state index contributed by atoms with van der Waals surface area (Å²) in [6.07, 6.45) is 5.97. The van der Waals surface area contributed by atoms with Crippen LogP contribution in [-0.2, 0) is 25.4 Å². The Hall–Kier alpha value is -2.30. The van der Waals surface area contributed by atoms with Crippen molar-refractivity contribution < 1.29 is 27.8 Å². The van der Waals surface area contributed by atoms with Crippen LogP contribution in [-0.4, -0.2) is 101 Å².